The third kappa shape index (κ3) is 4.94. The van der Waals surface area contributed by atoms with E-state index in [1.807, 2.05) is 5.41 Å². The number of hydrogen-bond acceptors (Lipinski definition) is 11. The lowest BCUT2D eigenvalue weighted by Gasteiger charge is -2.49. The molecule has 3 aliphatic rings. The summed E-state index contributed by atoms with van der Waals surface area (Å²) in [5.74, 6) is -2.14. The number of aromatic nitrogens is 1. The summed E-state index contributed by atoms with van der Waals surface area (Å²) in [5.41, 5.74) is 5.77. The van der Waals surface area contributed by atoms with Gasteiger partial charge >= 0.3 is 5.97 Å². The Kier molecular flexibility index (Phi) is 7.50. The predicted octanol–water partition coefficient (Wildman–Crippen LogP) is 0.983. The maximum atomic E-state index is 12.8. The first-order valence-corrected chi connectivity index (χ1v) is 13.3. The van der Waals surface area contributed by atoms with Crippen LogP contribution in [0.1, 0.15) is 18.5 Å². The maximum Gasteiger partial charge on any atom is 0.352 e. The second kappa shape index (κ2) is 10.4. The highest BCUT2D eigenvalue weighted by atomic mass is 32.2. The average Bonchev–Trinajstić information content (AvgIpc) is 3.24. The van der Waals surface area contributed by atoms with Crippen molar-refractivity contribution in [3.8, 4) is 0 Å². The van der Waals surface area contributed by atoms with Crippen LogP contribution in [-0.4, -0.2) is 91.1 Å². The molecule has 1 aromatic rings. The van der Waals surface area contributed by atoms with Gasteiger partial charge in [-0.05, 0) is 50.0 Å². The van der Waals surface area contributed by atoms with E-state index in [1.165, 1.54) is 22.0 Å². The van der Waals surface area contributed by atoms with Crippen LogP contribution in [0.15, 0.2) is 33.3 Å². The molecule has 0 radical (unpaired) electrons. The summed E-state index contributed by atoms with van der Waals surface area (Å²) in [6.45, 7) is 2.08. The van der Waals surface area contributed by atoms with E-state index in [1.54, 1.807) is 17.8 Å². The fourth-order valence-corrected chi connectivity index (χ4v) is 6.76. The van der Waals surface area contributed by atoms with Crippen LogP contribution in [0, 0.1) is 0 Å². The molecule has 0 unspecified atom stereocenters. The topological polar surface area (TPSA) is 161 Å². The minimum Gasteiger partial charge on any atom is -0.477 e. The van der Waals surface area contributed by atoms with Gasteiger partial charge in [-0.25, -0.2) is 9.78 Å². The number of aliphatic carboxylic acids is 1. The molecule has 4 heterocycles. The van der Waals surface area contributed by atoms with Crippen molar-refractivity contribution >= 4 is 63.5 Å². The number of carbonyl (C=O) groups is 3. The van der Waals surface area contributed by atoms with Gasteiger partial charge < -0.3 is 26.3 Å². The lowest BCUT2D eigenvalue weighted by molar-refractivity contribution is -0.150. The van der Waals surface area contributed by atoms with Crippen LogP contribution in [0.25, 0.3) is 0 Å². The number of nitrogens with one attached hydrogen (secondary N) is 1. The number of carbonyl (C=O) groups excluding carboxylic acids is 2. The van der Waals surface area contributed by atoms with Crippen molar-refractivity contribution in [1.29, 1.82) is 0 Å². The summed E-state index contributed by atoms with van der Waals surface area (Å²) < 4.78 is 0. The minimum absolute atomic E-state index is 0.0669. The number of allylic oxidation sites excluding steroid dienone is 1. The summed E-state index contributed by atoms with van der Waals surface area (Å²) in [6, 6.07) is -0.946. The van der Waals surface area contributed by atoms with Crippen LogP contribution in [-0.2, 0) is 14.4 Å². The van der Waals surface area contributed by atoms with Gasteiger partial charge in [0.2, 0.25) is 0 Å². The molecule has 2 atom stereocenters. The molecule has 2 amide bonds. The Balaban J connectivity index is 1.43. The van der Waals surface area contributed by atoms with Crippen molar-refractivity contribution in [3.63, 3.8) is 0 Å². The molecule has 1 aromatic heterocycles. The van der Waals surface area contributed by atoms with E-state index in [-0.39, 0.29) is 22.2 Å². The maximum absolute atomic E-state index is 12.8. The van der Waals surface area contributed by atoms with E-state index < -0.39 is 29.2 Å². The van der Waals surface area contributed by atoms with Crippen LogP contribution in [0.4, 0.5) is 5.13 Å². The Labute approximate surface area is 208 Å². The summed E-state index contributed by atoms with van der Waals surface area (Å²) in [7, 11) is 2.10. The molecule has 34 heavy (non-hydrogen) atoms. The number of thiazole rings is 1. The largest absolute Gasteiger partial charge is 0.477 e. The lowest BCUT2D eigenvalue weighted by Crippen LogP contribution is -2.71. The van der Waals surface area contributed by atoms with Gasteiger partial charge in [0.15, 0.2) is 10.8 Å². The molecular weight excluding hydrogens is 500 g/mol. The second-order valence-electron chi connectivity index (χ2n) is 8.00. The highest BCUT2D eigenvalue weighted by molar-refractivity contribution is 8.02. The zero-order valence-electron chi connectivity index (χ0n) is 18.2. The van der Waals surface area contributed by atoms with E-state index in [0.717, 1.165) is 37.3 Å². The van der Waals surface area contributed by atoms with E-state index in [0.29, 0.717) is 16.6 Å². The van der Waals surface area contributed by atoms with Crippen molar-refractivity contribution in [3.05, 3.63) is 33.8 Å². The number of amides is 2. The Bertz CT molecular complexity index is 1080. The first kappa shape index (κ1) is 24.6. The number of likely N-dealkylation sites (tertiary alicyclic amines) is 1. The number of rotatable bonds is 7. The average molecular weight is 525 g/mol. The molecule has 0 saturated carbocycles. The van der Waals surface area contributed by atoms with E-state index in [9.17, 15) is 24.7 Å². The van der Waals surface area contributed by atoms with Gasteiger partial charge in [0, 0.05) is 16.4 Å². The highest BCUT2D eigenvalue weighted by Crippen LogP contribution is 2.41. The van der Waals surface area contributed by atoms with Crippen molar-refractivity contribution in [2.24, 2.45) is 5.16 Å². The number of nitrogens with two attached hydrogens (primary N) is 1. The Morgan fingerprint density at radius 1 is 1.38 bits per heavy atom. The number of nitrogen functional groups attached to an aromatic ring is 1. The molecule has 182 valence electrons. The molecular formula is C20H24N6O5S3. The summed E-state index contributed by atoms with van der Waals surface area (Å²) >= 11 is 4.13. The Hall–Kier alpha value is -2.55. The van der Waals surface area contributed by atoms with Gasteiger partial charge in [0.1, 0.15) is 22.8 Å². The van der Waals surface area contributed by atoms with Crippen LogP contribution in [0.5, 0.6) is 0 Å². The lowest BCUT2D eigenvalue weighted by atomic mass is 10.0. The van der Waals surface area contributed by atoms with Gasteiger partial charge in [-0.3, -0.25) is 14.5 Å². The molecule has 4 rings (SSSR count). The van der Waals surface area contributed by atoms with E-state index in [2.05, 4.69) is 27.4 Å². The van der Waals surface area contributed by atoms with E-state index in [4.69, 9.17) is 5.73 Å². The van der Waals surface area contributed by atoms with E-state index >= 15 is 0 Å². The monoisotopic (exact) mass is 524 g/mol. The molecule has 3 aliphatic heterocycles. The molecule has 5 N–H and O–H groups in total. The third-order valence-corrected chi connectivity index (χ3v) is 8.90. The number of fused-ring (bicyclic) bond motifs is 1. The molecule has 2 saturated heterocycles. The fourth-order valence-electron chi connectivity index (χ4n) is 3.94. The first-order chi connectivity index (χ1) is 16.3. The van der Waals surface area contributed by atoms with Crippen LogP contribution < -0.4 is 11.1 Å². The van der Waals surface area contributed by atoms with Gasteiger partial charge in [-0.15, -0.1) is 34.9 Å². The summed E-state index contributed by atoms with van der Waals surface area (Å²) in [4.78, 5) is 44.8. The minimum atomic E-state index is -1.19. The zero-order chi connectivity index (χ0) is 24.4. The molecule has 0 aliphatic carbocycles. The molecule has 0 bridgehead atoms. The Morgan fingerprint density at radius 2 is 2.12 bits per heavy atom. The number of anilines is 1. The van der Waals surface area contributed by atoms with Crippen molar-refractivity contribution in [2.45, 2.75) is 29.5 Å². The second-order valence-corrected chi connectivity index (χ2v) is 11.2. The molecule has 0 spiro atoms. The van der Waals surface area contributed by atoms with Gasteiger partial charge in [0.25, 0.3) is 11.8 Å². The van der Waals surface area contributed by atoms with Crippen LogP contribution >= 0.6 is 34.9 Å². The van der Waals surface area contributed by atoms with Gasteiger partial charge in [-0.2, -0.15) is 0 Å². The van der Waals surface area contributed by atoms with Crippen molar-refractivity contribution < 1.29 is 24.7 Å². The van der Waals surface area contributed by atoms with Crippen LogP contribution in [0.2, 0.25) is 0 Å². The number of oxime groups is 1. The number of nitrogens with zero attached hydrogens (tertiary/aromatic N) is 4. The van der Waals surface area contributed by atoms with Crippen molar-refractivity contribution in [2.75, 3.05) is 31.6 Å². The molecule has 14 heteroatoms. The van der Waals surface area contributed by atoms with Crippen molar-refractivity contribution in [1.82, 2.24) is 20.1 Å². The Morgan fingerprint density at radius 3 is 2.74 bits per heavy atom. The summed E-state index contributed by atoms with van der Waals surface area (Å²) in [6.07, 6.45) is 3.93. The SMILES string of the molecule is CN1CCC(S/C=C/C2=C(C(=O)O)N3C(=O)[C@@H](NC(=O)C(=NO)c4csc(N)n4)[C@H]3SC2)CC1. The number of β-lactam (4-membered cyclic amide) rings is 1. The fraction of sp³-hybridized carbons (Fsp3) is 0.450. The number of carboxylic acids is 1. The van der Waals surface area contributed by atoms with Gasteiger partial charge in [0.05, 0.1) is 0 Å². The smallest absolute Gasteiger partial charge is 0.352 e. The quantitative estimate of drug-likeness (QED) is 0.175. The highest BCUT2D eigenvalue weighted by Gasteiger charge is 2.54. The predicted molar refractivity (Wildman–Crippen MR) is 132 cm³/mol. The first-order valence-electron chi connectivity index (χ1n) is 10.5. The normalized spacial score (nSPS) is 24.3. The number of piperidine rings is 1. The number of thioether (sulfide) groups is 2. The molecule has 0 aromatic carbocycles. The van der Waals surface area contributed by atoms with Crippen LogP contribution in [0.3, 0.4) is 0 Å². The number of carboxylic acid groups (broad SMARTS) is 1. The van der Waals surface area contributed by atoms with Gasteiger partial charge in [-0.1, -0.05) is 5.16 Å². The molecule has 2 fully saturated rings. The molecule has 11 nitrogen and oxygen atoms in total. The number of hydrogen-bond donors (Lipinski definition) is 4. The standard InChI is InChI=1S/C20H24N6O5S3/c1-25-5-2-11(3-6-25)32-7-4-10-8-33-18-14(17(28)26(18)15(10)19(29)30)23-16(27)13(24-31)12-9-34-20(21)22-12/h4,7,9,11,14,18,31H,2-3,5-6,8H2,1H3,(H2,21,22)(H,23,27)(H,29,30)/b7-4+,24-13?/t14-,18-/m1/s1. The summed E-state index contributed by atoms with van der Waals surface area (Å²) in [5, 5.41) is 28.1. The zero-order valence-corrected chi connectivity index (χ0v) is 20.7. The third-order valence-electron chi connectivity index (χ3n) is 5.77.